The summed E-state index contributed by atoms with van der Waals surface area (Å²) in [6, 6.07) is 8.86. The van der Waals surface area contributed by atoms with Crippen molar-refractivity contribution in [3.63, 3.8) is 0 Å². The van der Waals surface area contributed by atoms with Crippen LogP contribution >= 0.6 is 0 Å². The second-order valence-electron chi connectivity index (χ2n) is 5.07. The molecule has 0 amide bonds. The molecule has 2 rings (SSSR count). The number of hydrogen-bond acceptors (Lipinski definition) is 2. The van der Waals surface area contributed by atoms with Crippen molar-refractivity contribution in [3.05, 3.63) is 53.6 Å². The van der Waals surface area contributed by atoms with Gasteiger partial charge in [0.25, 0.3) is 0 Å². The highest BCUT2D eigenvalue weighted by Gasteiger charge is 2.07. The summed E-state index contributed by atoms with van der Waals surface area (Å²) in [5, 5.41) is 2.94. The number of halogens is 2. The molecule has 2 aromatic rings. The lowest BCUT2D eigenvalue weighted by Crippen LogP contribution is -2.14. The highest BCUT2D eigenvalue weighted by atomic mass is 19.1. The number of rotatable bonds is 5. The lowest BCUT2D eigenvalue weighted by molar-refractivity contribution is 0.552. The second kappa shape index (κ2) is 7.02. The van der Waals surface area contributed by atoms with Crippen LogP contribution in [0.25, 0.3) is 0 Å². The van der Waals surface area contributed by atoms with Gasteiger partial charge in [0.1, 0.15) is 11.6 Å². The first-order valence-corrected chi connectivity index (χ1v) is 7.06. The van der Waals surface area contributed by atoms with Crippen LogP contribution in [-0.4, -0.2) is 24.8 Å². The smallest absolute Gasteiger partial charge is 0.148 e. The molecule has 22 heavy (non-hydrogen) atoms. The summed E-state index contributed by atoms with van der Waals surface area (Å²) in [5.41, 5.74) is 2.41. The molecule has 0 fully saturated rings. The van der Waals surface area contributed by atoms with E-state index in [-0.39, 0.29) is 5.82 Å². The molecule has 0 spiro atoms. The Hall–Kier alpha value is -2.43. The molecule has 1 N–H and O–H groups in total. The molecule has 5 heteroatoms. The van der Waals surface area contributed by atoms with Gasteiger partial charge in [0.2, 0.25) is 0 Å². The molecule has 116 valence electrons. The molecule has 0 aromatic heterocycles. The summed E-state index contributed by atoms with van der Waals surface area (Å²) in [4.78, 5) is 6.19. The zero-order valence-electron chi connectivity index (χ0n) is 12.9. The lowest BCUT2D eigenvalue weighted by atomic mass is 10.1. The van der Waals surface area contributed by atoms with Crippen molar-refractivity contribution >= 4 is 23.4 Å². The third-order valence-electron chi connectivity index (χ3n) is 3.30. The van der Waals surface area contributed by atoms with Gasteiger partial charge in [-0.05, 0) is 49.7 Å². The molecule has 0 bridgehead atoms. The van der Waals surface area contributed by atoms with E-state index >= 15 is 0 Å². The summed E-state index contributed by atoms with van der Waals surface area (Å²) in [5.74, 6) is -0.729. The summed E-state index contributed by atoms with van der Waals surface area (Å²) in [7, 11) is 1.90. The average Bonchev–Trinajstić information content (AvgIpc) is 2.51. The summed E-state index contributed by atoms with van der Waals surface area (Å²) in [6.07, 6.45) is 1.68. The third-order valence-corrected chi connectivity index (χ3v) is 3.30. The Morgan fingerprint density at radius 2 is 1.86 bits per heavy atom. The maximum Gasteiger partial charge on any atom is 0.148 e. The largest absolute Gasteiger partial charge is 0.366 e. The van der Waals surface area contributed by atoms with Crippen molar-refractivity contribution in [1.82, 2.24) is 4.90 Å². The van der Waals surface area contributed by atoms with Gasteiger partial charge in [-0.15, -0.1) is 0 Å². The minimum absolute atomic E-state index is 0.327. The first kappa shape index (κ1) is 15.9. The quantitative estimate of drug-likeness (QED) is 0.644. The lowest BCUT2D eigenvalue weighted by Gasteiger charge is -2.12. The Morgan fingerprint density at radius 1 is 1.18 bits per heavy atom. The molecule has 0 radical (unpaired) electrons. The minimum Gasteiger partial charge on any atom is -0.366 e. The fourth-order valence-corrected chi connectivity index (χ4v) is 1.84. The fourth-order valence-electron chi connectivity index (χ4n) is 1.84. The molecular weight excluding hydrogens is 284 g/mol. The number of anilines is 2. The van der Waals surface area contributed by atoms with E-state index in [0.717, 1.165) is 12.1 Å². The van der Waals surface area contributed by atoms with E-state index in [4.69, 9.17) is 0 Å². The number of hydrogen-bond donors (Lipinski definition) is 1. The average molecular weight is 303 g/mol. The predicted molar refractivity (Wildman–Crippen MR) is 87.3 cm³/mol. The molecule has 2 aromatic carbocycles. The molecule has 3 nitrogen and oxygen atoms in total. The normalized spacial score (nSPS) is 11.0. The van der Waals surface area contributed by atoms with E-state index in [1.807, 2.05) is 25.8 Å². The molecule has 0 saturated heterocycles. The van der Waals surface area contributed by atoms with Crippen LogP contribution in [-0.2, 0) is 0 Å². The number of benzene rings is 2. The van der Waals surface area contributed by atoms with Crippen LogP contribution in [0.2, 0.25) is 0 Å². The molecular formula is C17H19F2N3. The van der Waals surface area contributed by atoms with E-state index < -0.39 is 5.82 Å². The Bertz CT molecular complexity index is 666. The highest BCUT2D eigenvalue weighted by molar-refractivity contribution is 5.68. The zero-order valence-corrected chi connectivity index (χ0v) is 12.9. The molecule has 0 heterocycles. The zero-order chi connectivity index (χ0) is 16.1. The van der Waals surface area contributed by atoms with Gasteiger partial charge in [-0.2, -0.15) is 0 Å². The first-order chi connectivity index (χ1) is 10.5. The van der Waals surface area contributed by atoms with Gasteiger partial charge in [0, 0.05) is 25.3 Å². The van der Waals surface area contributed by atoms with Gasteiger partial charge in [-0.25, -0.2) is 13.8 Å². The Labute approximate surface area is 129 Å². The van der Waals surface area contributed by atoms with E-state index in [1.54, 1.807) is 24.5 Å². The summed E-state index contributed by atoms with van der Waals surface area (Å²) >= 11 is 0. The fraction of sp³-hybridized carbons (Fsp3) is 0.235. The highest BCUT2D eigenvalue weighted by Crippen LogP contribution is 2.28. The van der Waals surface area contributed by atoms with Gasteiger partial charge in [0.15, 0.2) is 0 Å². The maximum atomic E-state index is 14.2. The van der Waals surface area contributed by atoms with Gasteiger partial charge in [-0.3, -0.25) is 0 Å². The van der Waals surface area contributed by atoms with Crippen molar-refractivity contribution in [2.24, 2.45) is 4.99 Å². The standard InChI is InChI=1S/C17H19F2N3/c1-4-22(3)11-20-16-10-15(19)17(9-12(16)2)21-14-7-5-13(18)6-8-14/h5-11,21H,4H2,1-3H3. The van der Waals surface area contributed by atoms with Crippen molar-refractivity contribution in [1.29, 1.82) is 0 Å². The predicted octanol–water partition coefficient (Wildman–Crippen LogP) is 4.63. The van der Waals surface area contributed by atoms with E-state index in [9.17, 15) is 8.78 Å². The van der Waals surface area contributed by atoms with Crippen LogP contribution in [0.3, 0.4) is 0 Å². The molecule has 0 aliphatic heterocycles. The molecule has 0 atom stereocenters. The van der Waals surface area contributed by atoms with Gasteiger partial charge < -0.3 is 10.2 Å². The monoisotopic (exact) mass is 303 g/mol. The third kappa shape index (κ3) is 4.04. The Kier molecular flexibility index (Phi) is 5.09. The molecule has 0 aliphatic rings. The number of aryl methyl sites for hydroxylation is 1. The minimum atomic E-state index is -0.402. The number of nitrogens with zero attached hydrogens (tertiary/aromatic N) is 2. The van der Waals surface area contributed by atoms with Gasteiger partial charge >= 0.3 is 0 Å². The van der Waals surface area contributed by atoms with Crippen LogP contribution in [0.5, 0.6) is 0 Å². The number of nitrogens with one attached hydrogen (secondary N) is 1. The van der Waals surface area contributed by atoms with Gasteiger partial charge in [-0.1, -0.05) is 0 Å². The van der Waals surface area contributed by atoms with Crippen LogP contribution in [0.15, 0.2) is 41.4 Å². The van der Waals surface area contributed by atoms with Crippen molar-refractivity contribution in [2.75, 3.05) is 18.9 Å². The van der Waals surface area contributed by atoms with E-state index in [0.29, 0.717) is 17.1 Å². The molecule has 0 saturated carbocycles. The van der Waals surface area contributed by atoms with Crippen LogP contribution in [0.4, 0.5) is 25.8 Å². The Morgan fingerprint density at radius 3 is 2.50 bits per heavy atom. The maximum absolute atomic E-state index is 14.2. The number of aliphatic imine (C=N–C) groups is 1. The SMILES string of the molecule is CCN(C)C=Nc1cc(F)c(Nc2ccc(F)cc2)cc1C. The van der Waals surface area contributed by atoms with Crippen LogP contribution in [0, 0.1) is 18.6 Å². The van der Waals surface area contributed by atoms with Crippen molar-refractivity contribution in [2.45, 2.75) is 13.8 Å². The molecule has 0 unspecified atom stereocenters. The summed E-state index contributed by atoms with van der Waals surface area (Å²) < 4.78 is 27.1. The first-order valence-electron chi connectivity index (χ1n) is 7.06. The van der Waals surface area contributed by atoms with Crippen molar-refractivity contribution in [3.8, 4) is 0 Å². The topological polar surface area (TPSA) is 27.6 Å². The van der Waals surface area contributed by atoms with Crippen LogP contribution < -0.4 is 5.32 Å². The Balaban J connectivity index is 2.22. The van der Waals surface area contributed by atoms with E-state index in [1.165, 1.54) is 18.2 Å². The van der Waals surface area contributed by atoms with Crippen molar-refractivity contribution < 1.29 is 8.78 Å². The summed E-state index contributed by atoms with van der Waals surface area (Å²) in [6.45, 7) is 4.71. The van der Waals surface area contributed by atoms with Crippen LogP contribution in [0.1, 0.15) is 12.5 Å². The second-order valence-corrected chi connectivity index (χ2v) is 5.07. The van der Waals surface area contributed by atoms with Gasteiger partial charge in [0.05, 0.1) is 17.7 Å². The van der Waals surface area contributed by atoms with E-state index in [2.05, 4.69) is 10.3 Å². The molecule has 0 aliphatic carbocycles.